The van der Waals surface area contributed by atoms with Gasteiger partial charge in [-0.05, 0) is 142 Å². The second kappa shape index (κ2) is 20.4. The number of carboxylic acid groups (broad SMARTS) is 4. The van der Waals surface area contributed by atoms with E-state index in [2.05, 4.69) is 0 Å². The molecule has 8 N–H and O–H groups in total. The number of aliphatic hydroxyl groups is 2. The van der Waals surface area contributed by atoms with Crippen LogP contribution in [-0.4, -0.2) is 70.8 Å². The molecule has 3 aliphatic rings. The van der Waals surface area contributed by atoms with Gasteiger partial charge in [0.15, 0.2) is 23.4 Å². The summed E-state index contributed by atoms with van der Waals surface area (Å²) in [5.74, 6) is -4.93. The van der Waals surface area contributed by atoms with E-state index >= 15 is 0 Å². The first kappa shape index (κ1) is 48.2. The van der Waals surface area contributed by atoms with Crippen LogP contribution in [0.2, 0.25) is 0 Å². The van der Waals surface area contributed by atoms with E-state index in [1.54, 1.807) is 33.8 Å². The Hall–Kier alpha value is -4.46. The van der Waals surface area contributed by atoms with Gasteiger partial charge in [-0.2, -0.15) is 4.89 Å². The molecule has 0 aliphatic heterocycles. The summed E-state index contributed by atoms with van der Waals surface area (Å²) >= 11 is 0. The number of unbranched alkanes of at least 4 members (excludes halogenated alkanes) is 6. The van der Waals surface area contributed by atoms with Crippen LogP contribution >= 0.6 is 0 Å². The highest BCUT2D eigenvalue weighted by atomic mass is 17.2. The lowest BCUT2D eigenvalue weighted by molar-refractivity contribution is -0.254. The van der Waals surface area contributed by atoms with Crippen LogP contribution in [0.15, 0.2) is 29.2 Å². The molecule has 14 nitrogen and oxygen atoms in total. The Bertz CT molecular complexity index is 1760. The molecule has 4 rings (SSSR count). The second-order valence-corrected chi connectivity index (χ2v) is 19.0. The molecule has 336 valence electrons. The number of aliphatic carboxylic acids is 4. The van der Waals surface area contributed by atoms with Crippen LogP contribution in [0.5, 0.6) is 17.2 Å². The molecule has 0 bridgehead atoms. The number of carboxylic acids is 4. The third kappa shape index (κ3) is 12.5. The molecule has 60 heavy (non-hydrogen) atoms. The van der Waals surface area contributed by atoms with E-state index < -0.39 is 63.3 Å². The summed E-state index contributed by atoms with van der Waals surface area (Å²) in [5.41, 5.74) is -2.11. The van der Waals surface area contributed by atoms with Crippen LogP contribution in [-0.2, 0) is 36.9 Å². The molecular weight excluding hydrogens is 776 g/mol. The van der Waals surface area contributed by atoms with Crippen molar-refractivity contribution in [2.75, 3.05) is 0 Å². The molecule has 1 aromatic carbocycles. The monoisotopic (exact) mass is 844 g/mol. The van der Waals surface area contributed by atoms with Gasteiger partial charge in [0.2, 0.25) is 0 Å². The summed E-state index contributed by atoms with van der Waals surface area (Å²) in [6, 6.07) is 1.57. The van der Waals surface area contributed by atoms with Gasteiger partial charge in [-0.15, -0.1) is 0 Å². The Kier molecular flexibility index (Phi) is 16.4. The fraction of sp³-hybridized carbons (Fsp3) is 0.696. The lowest BCUT2D eigenvalue weighted by Gasteiger charge is -2.30. The molecule has 0 spiro atoms. The molecule has 2 atom stereocenters. The van der Waals surface area contributed by atoms with Gasteiger partial charge in [-0.25, -0.2) is 0 Å². The van der Waals surface area contributed by atoms with Gasteiger partial charge in [-0.3, -0.25) is 19.2 Å². The SMILES string of the molecule is CC(C)(CCCCCc1cc(OOC2C(O)=C(CCCCC3(C(=O)O)CC3)C=C(O)C2CCCCCC(C)(C)C(=O)O)c(CCCCC2(C(=O)O)CC2)c(O)c1O)C(=O)O. The number of phenolic OH excluding ortho intramolecular Hbond substituents is 2. The zero-order valence-electron chi connectivity index (χ0n) is 35.9. The van der Waals surface area contributed by atoms with Gasteiger partial charge in [0.05, 0.1) is 33.3 Å². The summed E-state index contributed by atoms with van der Waals surface area (Å²) in [6.45, 7) is 6.69. The Labute approximate surface area is 353 Å². The Balaban J connectivity index is 1.54. The Morgan fingerprint density at radius 1 is 0.650 bits per heavy atom. The van der Waals surface area contributed by atoms with Crippen LogP contribution in [0.4, 0.5) is 0 Å². The first-order valence-electron chi connectivity index (χ1n) is 21.8. The van der Waals surface area contributed by atoms with Crippen molar-refractivity contribution in [1.82, 2.24) is 0 Å². The van der Waals surface area contributed by atoms with Gasteiger partial charge < -0.3 is 45.7 Å². The first-order chi connectivity index (χ1) is 28.2. The first-order valence-corrected chi connectivity index (χ1v) is 21.8. The molecule has 14 heteroatoms. The molecule has 0 saturated heterocycles. The minimum atomic E-state index is -1.18. The van der Waals surface area contributed by atoms with E-state index in [9.17, 15) is 60.0 Å². The van der Waals surface area contributed by atoms with Gasteiger partial charge in [-0.1, -0.05) is 44.9 Å². The fourth-order valence-corrected chi connectivity index (χ4v) is 8.20. The van der Waals surface area contributed by atoms with Crippen LogP contribution in [0, 0.1) is 27.6 Å². The normalized spacial score (nSPS) is 19.4. The third-order valence-electron chi connectivity index (χ3n) is 13.3. The average molecular weight is 845 g/mol. The number of aromatic hydroxyl groups is 2. The van der Waals surface area contributed by atoms with Crippen LogP contribution in [0.25, 0.3) is 0 Å². The van der Waals surface area contributed by atoms with Crippen LogP contribution in [0.3, 0.4) is 0 Å². The van der Waals surface area contributed by atoms with E-state index in [0.29, 0.717) is 146 Å². The van der Waals surface area contributed by atoms with Crippen molar-refractivity contribution < 1.29 is 69.8 Å². The number of allylic oxidation sites excluding steroid dienone is 2. The number of benzene rings is 1. The van der Waals surface area contributed by atoms with Crippen molar-refractivity contribution in [3.05, 3.63) is 40.4 Å². The van der Waals surface area contributed by atoms with E-state index in [1.807, 2.05) is 0 Å². The zero-order chi connectivity index (χ0) is 44.5. The predicted octanol–water partition coefficient (Wildman–Crippen LogP) is 9.94. The minimum absolute atomic E-state index is 0.0283. The molecule has 1 aromatic rings. The van der Waals surface area contributed by atoms with Crippen molar-refractivity contribution in [2.24, 2.45) is 27.6 Å². The molecule has 0 heterocycles. The standard InChI is InChI=1S/C46H68O14/c1-43(2,39(51)52)19-11-5-7-15-30-28-34(32(37(50)35(30)48)18-10-14-22-46(25-26-46)42(57)58)59-60-38-31(17-8-6-12-20-44(3,4)40(53)54)33(47)27-29(36(38)49)16-9-13-21-45(23-24-45)41(55)56/h27-28,31,38,47-50H,5-26H2,1-4H3,(H,51,52)(H,53,54)(H,55,56)(H,57,58). The molecule has 3 aliphatic carbocycles. The van der Waals surface area contributed by atoms with Crippen LogP contribution < -0.4 is 4.89 Å². The molecule has 2 unspecified atom stereocenters. The Morgan fingerprint density at radius 3 is 1.65 bits per heavy atom. The molecule has 0 amide bonds. The number of aryl methyl sites for hydroxylation is 1. The van der Waals surface area contributed by atoms with Crippen LogP contribution in [0.1, 0.15) is 167 Å². The molecule has 0 radical (unpaired) electrons. The van der Waals surface area contributed by atoms with E-state index in [-0.39, 0.29) is 35.0 Å². The van der Waals surface area contributed by atoms with E-state index in [1.165, 1.54) is 6.08 Å². The molecule has 2 fully saturated rings. The summed E-state index contributed by atoms with van der Waals surface area (Å²) in [5, 5.41) is 83.8. The smallest absolute Gasteiger partial charge is 0.309 e. The number of aliphatic hydroxyl groups excluding tert-OH is 2. The maximum atomic E-state index is 11.8. The maximum Gasteiger partial charge on any atom is 0.309 e. The molecule has 2 saturated carbocycles. The number of hydrogen-bond acceptors (Lipinski definition) is 10. The number of carbonyl (C=O) groups is 4. The fourth-order valence-electron chi connectivity index (χ4n) is 8.20. The largest absolute Gasteiger partial charge is 0.512 e. The topological polar surface area (TPSA) is 249 Å². The maximum absolute atomic E-state index is 11.8. The van der Waals surface area contributed by atoms with Crippen molar-refractivity contribution >= 4 is 23.9 Å². The summed E-state index contributed by atoms with van der Waals surface area (Å²) in [4.78, 5) is 58.7. The minimum Gasteiger partial charge on any atom is -0.512 e. The third-order valence-corrected chi connectivity index (χ3v) is 13.3. The van der Waals surface area contributed by atoms with Crippen molar-refractivity contribution in [1.29, 1.82) is 0 Å². The summed E-state index contributed by atoms with van der Waals surface area (Å²) in [7, 11) is 0. The van der Waals surface area contributed by atoms with E-state index in [4.69, 9.17) is 9.78 Å². The van der Waals surface area contributed by atoms with Gasteiger partial charge in [0.25, 0.3) is 0 Å². The lowest BCUT2D eigenvalue weighted by Crippen LogP contribution is -2.33. The van der Waals surface area contributed by atoms with Gasteiger partial charge in [0, 0.05) is 11.1 Å². The zero-order valence-corrected chi connectivity index (χ0v) is 35.9. The molecular formula is C46H68O14. The number of rotatable bonds is 29. The average Bonchev–Trinajstić information content (AvgIpc) is 4.12. The highest BCUT2D eigenvalue weighted by molar-refractivity contribution is 5.78. The van der Waals surface area contributed by atoms with Crippen molar-refractivity contribution in [3.63, 3.8) is 0 Å². The number of hydrogen-bond donors (Lipinski definition) is 8. The summed E-state index contributed by atoms with van der Waals surface area (Å²) in [6.07, 6.45) is 12.0. The highest BCUT2D eigenvalue weighted by Crippen LogP contribution is 2.51. The van der Waals surface area contributed by atoms with Gasteiger partial charge in [0.1, 0.15) is 5.76 Å². The van der Waals surface area contributed by atoms with E-state index in [0.717, 1.165) is 0 Å². The molecule has 0 aromatic heterocycles. The van der Waals surface area contributed by atoms with Crippen molar-refractivity contribution in [2.45, 2.75) is 175 Å². The number of phenols is 2. The second-order valence-electron chi connectivity index (χ2n) is 19.0. The van der Waals surface area contributed by atoms with Crippen molar-refractivity contribution in [3.8, 4) is 17.2 Å². The lowest BCUT2D eigenvalue weighted by atomic mass is 9.83. The summed E-state index contributed by atoms with van der Waals surface area (Å²) < 4.78 is 0. The van der Waals surface area contributed by atoms with Gasteiger partial charge >= 0.3 is 23.9 Å². The highest BCUT2D eigenvalue weighted by Gasteiger charge is 2.50. The Morgan fingerprint density at radius 2 is 1.15 bits per heavy atom. The predicted molar refractivity (Wildman–Crippen MR) is 222 cm³/mol. The quantitative estimate of drug-likeness (QED) is 0.0162.